The van der Waals surface area contributed by atoms with Crippen molar-refractivity contribution in [2.24, 2.45) is 0 Å². The SMILES string of the molecule is CC(C)c1cccc(C(C)C)c1NC(=O)COC(=O)c1ccc(C2SCCS2)cc1. The highest BCUT2D eigenvalue weighted by Gasteiger charge is 2.20. The number of ether oxygens (including phenoxy) is 1. The predicted octanol–water partition coefficient (Wildman–Crippen LogP) is 6.21. The molecule has 3 rings (SSSR count). The first-order chi connectivity index (χ1) is 14.4. The number of amides is 1. The Morgan fingerprint density at radius 2 is 1.53 bits per heavy atom. The molecule has 0 saturated carbocycles. The Kier molecular flexibility index (Phi) is 7.89. The van der Waals surface area contributed by atoms with Gasteiger partial charge in [0, 0.05) is 17.2 Å². The summed E-state index contributed by atoms with van der Waals surface area (Å²) in [7, 11) is 0. The number of nitrogens with one attached hydrogen (secondary N) is 1. The Bertz CT molecular complexity index is 862. The molecule has 1 amide bonds. The molecule has 1 N–H and O–H groups in total. The molecular formula is C24H29NO3S2. The predicted molar refractivity (Wildman–Crippen MR) is 128 cm³/mol. The van der Waals surface area contributed by atoms with E-state index >= 15 is 0 Å². The van der Waals surface area contributed by atoms with Gasteiger partial charge in [-0.25, -0.2) is 4.79 Å². The van der Waals surface area contributed by atoms with Crippen LogP contribution in [0.15, 0.2) is 42.5 Å². The molecule has 160 valence electrons. The Balaban J connectivity index is 1.61. The molecule has 0 atom stereocenters. The van der Waals surface area contributed by atoms with Crippen LogP contribution >= 0.6 is 23.5 Å². The van der Waals surface area contributed by atoms with Crippen molar-refractivity contribution in [3.63, 3.8) is 0 Å². The summed E-state index contributed by atoms with van der Waals surface area (Å²) < 4.78 is 5.71. The number of thioether (sulfide) groups is 2. The van der Waals surface area contributed by atoms with Crippen LogP contribution in [0.5, 0.6) is 0 Å². The normalized spacial score (nSPS) is 14.3. The lowest BCUT2D eigenvalue weighted by molar-refractivity contribution is -0.119. The average molecular weight is 444 g/mol. The third-order valence-electron chi connectivity index (χ3n) is 5.01. The van der Waals surface area contributed by atoms with Gasteiger partial charge in [0.05, 0.1) is 10.1 Å². The van der Waals surface area contributed by atoms with Crippen LogP contribution in [0, 0.1) is 0 Å². The van der Waals surface area contributed by atoms with Crippen molar-refractivity contribution in [1.29, 1.82) is 0 Å². The number of hydrogen-bond donors (Lipinski definition) is 1. The summed E-state index contributed by atoms with van der Waals surface area (Å²) in [4.78, 5) is 24.9. The van der Waals surface area contributed by atoms with E-state index in [-0.39, 0.29) is 24.3 Å². The van der Waals surface area contributed by atoms with Gasteiger partial charge in [-0.3, -0.25) is 4.79 Å². The molecule has 1 fully saturated rings. The maximum absolute atomic E-state index is 12.5. The van der Waals surface area contributed by atoms with Gasteiger partial charge in [-0.15, -0.1) is 23.5 Å². The van der Waals surface area contributed by atoms with E-state index in [9.17, 15) is 9.59 Å². The van der Waals surface area contributed by atoms with Crippen LogP contribution in [0.1, 0.15) is 71.2 Å². The highest BCUT2D eigenvalue weighted by molar-refractivity contribution is 8.19. The minimum absolute atomic E-state index is 0.274. The first kappa shape index (κ1) is 22.8. The van der Waals surface area contributed by atoms with E-state index in [0.717, 1.165) is 28.3 Å². The summed E-state index contributed by atoms with van der Waals surface area (Å²) in [6, 6.07) is 13.6. The van der Waals surface area contributed by atoms with E-state index in [1.54, 1.807) is 12.1 Å². The van der Waals surface area contributed by atoms with Crippen molar-refractivity contribution < 1.29 is 14.3 Å². The van der Waals surface area contributed by atoms with E-state index in [4.69, 9.17) is 4.74 Å². The summed E-state index contributed by atoms with van der Waals surface area (Å²) in [5, 5.41) is 2.97. The van der Waals surface area contributed by atoms with E-state index < -0.39 is 5.97 Å². The highest BCUT2D eigenvalue weighted by Crippen LogP contribution is 2.45. The molecular weight excluding hydrogens is 414 g/mol. The molecule has 4 nitrogen and oxygen atoms in total. The summed E-state index contributed by atoms with van der Waals surface area (Å²) in [5.74, 6) is 2.06. The van der Waals surface area contributed by atoms with Crippen LogP contribution in [0.2, 0.25) is 0 Å². The zero-order chi connectivity index (χ0) is 21.7. The highest BCUT2D eigenvalue weighted by atomic mass is 32.2. The van der Waals surface area contributed by atoms with E-state index in [1.165, 1.54) is 5.56 Å². The van der Waals surface area contributed by atoms with Gasteiger partial charge in [0.25, 0.3) is 5.91 Å². The van der Waals surface area contributed by atoms with Crippen molar-refractivity contribution >= 4 is 41.1 Å². The molecule has 0 aliphatic carbocycles. The number of rotatable bonds is 7. The van der Waals surface area contributed by atoms with Crippen molar-refractivity contribution in [1.82, 2.24) is 0 Å². The fourth-order valence-electron chi connectivity index (χ4n) is 3.41. The number of carbonyl (C=O) groups excluding carboxylic acids is 2. The van der Waals surface area contributed by atoms with E-state index in [1.807, 2.05) is 53.9 Å². The molecule has 0 spiro atoms. The first-order valence-corrected chi connectivity index (χ1v) is 12.4. The van der Waals surface area contributed by atoms with Crippen molar-refractivity contribution in [2.75, 3.05) is 23.4 Å². The van der Waals surface area contributed by atoms with Crippen LogP contribution in [0.25, 0.3) is 0 Å². The second-order valence-corrected chi connectivity index (χ2v) is 10.7. The number of hydrogen-bond acceptors (Lipinski definition) is 5. The van der Waals surface area contributed by atoms with Crippen LogP contribution in [-0.4, -0.2) is 30.0 Å². The zero-order valence-electron chi connectivity index (χ0n) is 17.9. The molecule has 2 aromatic rings. The monoisotopic (exact) mass is 443 g/mol. The number of benzene rings is 2. The Labute approximate surface area is 187 Å². The molecule has 30 heavy (non-hydrogen) atoms. The third kappa shape index (κ3) is 5.61. The van der Waals surface area contributed by atoms with Crippen LogP contribution in [0.4, 0.5) is 5.69 Å². The van der Waals surface area contributed by atoms with Crippen molar-refractivity contribution in [3.8, 4) is 0 Å². The molecule has 1 aliphatic rings. The molecule has 2 aromatic carbocycles. The fraction of sp³-hybridized carbons (Fsp3) is 0.417. The minimum atomic E-state index is -0.482. The molecule has 1 heterocycles. The lowest BCUT2D eigenvalue weighted by atomic mass is 9.92. The standard InChI is InChI=1S/C24H29NO3S2/c1-15(2)19-6-5-7-20(16(3)4)22(19)25-21(26)14-28-23(27)17-8-10-18(11-9-17)24-29-12-13-30-24/h5-11,15-16,24H,12-14H2,1-4H3,(H,25,26). The molecule has 0 aromatic heterocycles. The topological polar surface area (TPSA) is 55.4 Å². The Morgan fingerprint density at radius 3 is 2.07 bits per heavy atom. The molecule has 6 heteroatoms. The quantitative estimate of drug-likeness (QED) is 0.516. The van der Waals surface area contributed by atoms with Gasteiger partial charge in [0.15, 0.2) is 6.61 Å². The smallest absolute Gasteiger partial charge is 0.338 e. The van der Waals surface area contributed by atoms with Gasteiger partial charge >= 0.3 is 5.97 Å². The van der Waals surface area contributed by atoms with Crippen molar-refractivity contribution in [2.45, 2.75) is 44.1 Å². The lowest BCUT2D eigenvalue weighted by Gasteiger charge is -2.20. The number of esters is 1. The molecule has 0 unspecified atom stereocenters. The summed E-state index contributed by atoms with van der Waals surface area (Å²) >= 11 is 3.85. The van der Waals surface area contributed by atoms with Crippen LogP contribution in [-0.2, 0) is 9.53 Å². The Hall–Kier alpha value is -1.92. The second-order valence-electron chi connectivity index (χ2n) is 7.94. The summed E-state index contributed by atoms with van der Waals surface area (Å²) in [6.07, 6.45) is 0. The maximum Gasteiger partial charge on any atom is 0.338 e. The third-order valence-corrected chi connectivity index (χ3v) is 8.12. The van der Waals surface area contributed by atoms with Crippen LogP contribution in [0.3, 0.4) is 0 Å². The van der Waals surface area contributed by atoms with Gasteiger partial charge in [-0.2, -0.15) is 0 Å². The van der Waals surface area contributed by atoms with Crippen molar-refractivity contribution in [3.05, 3.63) is 64.7 Å². The molecule has 0 bridgehead atoms. The lowest BCUT2D eigenvalue weighted by Crippen LogP contribution is -2.22. The molecule has 0 radical (unpaired) electrons. The maximum atomic E-state index is 12.5. The second kappa shape index (κ2) is 10.4. The summed E-state index contributed by atoms with van der Waals surface area (Å²) in [6.45, 7) is 8.09. The average Bonchev–Trinajstić information content (AvgIpc) is 3.27. The first-order valence-electron chi connectivity index (χ1n) is 10.3. The van der Waals surface area contributed by atoms with E-state index in [2.05, 4.69) is 33.0 Å². The van der Waals surface area contributed by atoms with Gasteiger partial charge < -0.3 is 10.1 Å². The molecule has 1 saturated heterocycles. The largest absolute Gasteiger partial charge is 0.452 e. The number of carbonyl (C=O) groups is 2. The zero-order valence-corrected chi connectivity index (χ0v) is 19.6. The van der Waals surface area contributed by atoms with Gasteiger partial charge in [0.2, 0.25) is 0 Å². The van der Waals surface area contributed by atoms with Gasteiger partial charge in [-0.05, 0) is 40.7 Å². The van der Waals surface area contributed by atoms with E-state index in [0.29, 0.717) is 10.1 Å². The van der Waals surface area contributed by atoms with Crippen LogP contribution < -0.4 is 5.32 Å². The van der Waals surface area contributed by atoms with Gasteiger partial charge in [-0.1, -0.05) is 58.0 Å². The summed E-state index contributed by atoms with van der Waals surface area (Å²) in [5.41, 5.74) is 4.67. The van der Waals surface area contributed by atoms with Gasteiger partial charge in [0.1, 0.15) is 0 Å². The molecule has 1 aliphatic heterocycles. The fourth-order valence-corrected chi connectivity index (χ4v) is 6.27. The number of anilines is 1. The minimum Gasteiger partial charge on any atom is -0.452 e. The number of para-hydroxylation sites is 1. The Morgan fingerprint density at radius 1 is 0.967 bits per heavy atom.